The van der Waals surface area contributed by atoms with E-state index in [0.29, 0.717) is 0 Å². The topological polar surface area (TPSA) is 75.2 Å². The van der Waals surface area contributed by atoms with Gasteiger partial charge >= 0.3 is 6.18 Å². The molecule has 17 heavy (non-hydrogen) atoms. The predicted molar refractivity (Wildman–Crippen MR) is 59.8 cm³/mol. The van der Waals surface area contributed by atoms with Gasteiger partial charge in [-0.25, -0.2) is 0 Å². The van der Waals surface area contributed by atoms with Crippen molar-refractivity contribution in [1.29, 1.82) is 0 Å². The summed E-state index contributed by atoms with van der Waals surface area (Å²) in [7, 11) is 0. The summed E-state index contributed by atoms with van der Waals surface area (Å²) in [6, 6.07) is 0. The summed E-state index contributed by atoms with van der Waals surface area (Å²) >= 11 is 1.60. The number of hydrogen-bond acceptors (Lipinski definition) is 4. The first kappa shape index (κ1) is 14.2. The highest BCUT2D eigenvalue weighted by atomic mass is 127. The lowest BCUT2D eigenvalue weighted by molar-refractivity contribution is -0.173. The summed E-state index contributed by atoms with van der Waals surface area (Å²) in [5, 5.41) is 9.21. The zero-order chi connectivity index (χ0) is 13.1. The second-order valence-electron chi connectivity index (χ2n) is 3.07. The van der Waals surface area contributed by atoms with Crippen LogP contribution in [0.2, 0.25) is 0 Å². The van der Waals surface area contributed by atoms with Gasteiger partial charge in [0.1, 0.15) is 16.0 Å². The fourth-order valence-corrected chi connectivity index (χ4v) is 1.22. The minimum absolute atomic E-state index is 0.0181. The predicted octanol–water partition coefficient (Wildman–Crippen LogP) is 1.20. The number of aromatic amines is 1. The zero-order valence-electron chi connectivity index (χ0n) is 8.34. The SMILES string of the molecule is O=c1[nH]c(CCOCC(F)(F)F)nc(O)c1I. The Morgan fingerprint density at radius 1 is 1.47 bits per heavy atom. The Bertz CT molecular complexity index is 447. The Morgan fingerprint density at radius 3 is 2.65 bits per heavy atom. The lowest BCUT2D eigenvalue weighted by atomic mass is 10.4. The molecule has 0 unspecified atom stereocenters. The summed E-state index contributed by atoms with van der Waals surface area (Å²) in [4.78, 5) is 17.1. The Hall–Kier alpha value is -0.840. The first-order valence-corrected chi connectivity index (χ1v) is 5.49. The minimum Gasteiger partial charge on any atom is -0.492 e. The van der Waals surface area contributed by atoms with Crippen LogP contribution in [0, 0.1) is 3.57 Å². The van der Waals surface area contributed by atoms with E-state index < -0.39 is 24.2 Å². The van der Waals surface area contributed by atoms with Crippen molar-refractivity contribution in [2.24, 2.45) is 0 Å². The smallest absolute Gasteiger partial charge is 0.411 e. The van der Waals surface area contributed by atoms with Crippen LogP contribution in [0.4, 0.5) is 13.2 Å². The second kappa shape index (κ2) is 5.67. The van der Waals surface area contributed by atoms with Crippen molar-refractivity contribution in [2.75, 3.05) is 13.2 Å². The van der Waals surface area contributed by atoms with Crippen molar-refractivity contribution in [3.8, 4) is 5.88 Å². The second-order valence-corrected chi connectivity index (χ2v) is 4.15. The Morgan fingerprint density at radius 2 is 2.12 bits per heavy atom. The molecule has 0 amide bonds. The molecule has 0 spiro atoms. The Balaban J connectivity index is 2.51. The normalized spacial score (nSPS) is 11.8. The average Bonchev–Trinajstić information content (AvgIpc) is 2.19. The molecule has 0 atom stereocenters. The summed E-state index contributed by atoms with van der Waals surface area (Å²) in [6.45, 7) is -1.60. The van der Waals surface area contributed by atoms with E-state index in [1.165, 1.54) is 0 Å². The van der Waals surface area contributed by atoms with Crippen molar-refractivity contribution in [3.63, 3.8) is 0 Å². The molecule has 0 aliphatic heterocycles. The molecule has 0 aliphatic rings. The van der Waals surface area contributed by atoms with Crippen LogP contribution >= 0.6 is 22.6 Å². The molecule has 1 heterocycles. The summed E-state index contributed by atoms with van der Waals surface area (Å²) in [5.41, 5.74) is -0.538. The highest BCUT2D eigenvalue weighted by molar-refractivity contribution is 14.1. The summed E-state index contributed by atoms with van der Waals surface area (Å²) in [6.07, 6.45) is -4.40. The van der Waals surface area contributed by atoms with Crippen LogP contribution in [0.1, 0.15) is 5.82 Å². The van der Waals surface area contributed by atoms with Crippen LogP contribution < -0.4 is 5.56 Å². The van der Waals surface area contributed by atoms with Crippen LogP contribution in [-0.4, -0.2) is 34.5 Å². The molecule has 5 nitrogen and oxygen atoms in total. The Kier molecular flexibility index (Phi) is 4.74. The van der Waals surface area contributed by atoms with Gasteiger partial charge in [0.2, 0.25) is 5.88 Å². The molecular formula is C8H8F3IN2O3. The largest absolute Gasteiger partial charge is 0.492 e. The molecule has 0 saturated carbocycles. The highest BCUT2D eigenvalue weighted by Gasteiger charge is 2.27. The van der Waals surface area contributed by atoms with E-state index in [1.54, 1.807) is 22.6 Å². The van der Waals surface area contributed by atoms with Gasteiger partial charge in [-0.1, -0.05) is 0 Å². The van der Waals surface area contributed by atoms with Crippen LogP contribution in [0.5, 0.6) is 5.88 Å². The molecule has 0 saturated heterocycles. The van der Waals surface area contributed by atoms with Crippen molar-refractivity contribution in [3.05, 3.63) is 19.7 Å². The van der Waals surface area contributed by atoms with Crippen LogP contribution in [0.15, 0.2) is 4.79 Å². The number of nitrogens with zero attached hydrogens (tertiary/aromatic N) is 1. The van der Waals surface area contributed by atoms with Gasteiger partial charge in [-0.2, -0.15) is 18.2 Å². The summed E-state index contributed by atoms with van der Waals surface area (Å²) < 4.78 is 39.5. The van der Waals surface area contributed by atoms with E-state index in [4.69, 9.17) is 0 Å². The van der Waals surface area contributed by atoms with Crippen molar-refractivity contribution in [2.45, 2.75) is 12.6 Å². The average molecular weight is 364 g/mol. The Labute approximate surface area is 107 Å². The lowest BCUT2D eigenvalue weighted by Crippen LogP contribution is -2.19. The van der Waals surface area contributed by atoms with E-state index >= 15 is 0 Å². The first-order chi connectivity index (χ1) is 7.79. The molecule has 96 valence electrons. The van der Waals surface area contributed by atoms with Gasteiger partial charge in [0, 0.05) is 6.42 Å². The van der Waals surface area contributed by atoms with Crippen molar-refractivity contribution < 1.29 is 23.0 Å². The monoisotopic (exact) mass is 364 g/mol. The molecule has 0 aliphatic carbocycles. The number of H-pyrrole nitrogens is 1. The number of halogens is 4. The number of nitrogens with one attached hydrogen (secondary N) is 1. The van der Waals surface area contributed by atoms with Gasteiger partial charge in [-0.15, -0.1) is 0 Å². The summed E-state index contributed by atoms with van der Waals surface area (Å²) in [5.74, 6) is -0.365. The van der Waals surface area contributed by atoms with E-state index in [9.17, 15) is 23.1 Å². The number of rotatable bonds is 4. The van der Waals surface area contributed by atoms with Crippen LogP contribution in [0.25, 0.3) is 0 Å². The zero-order valence-corrected chi connectivity index (χ0v) is 10.5. The van der Waals surface area contributed by atoms with Gasteiger partial charge < -0.3 is 14.8 Å². The number of aromatic hydroxyl groups is 1. The fraction of sp³-hybridized carbons (Fsp3) is 0.500. The molecule has 1 rings (SSSR count). The number of hydrogen-bond donors (Lipinski definition) is 2. The standard InChI is InChI=1S/C8H8F3IN2O3/c9-8(10,11)3-17-2-1-4-13-6(15)5(12)7(16)14-4/h1-3H2,(H2,13,14,15,16). The first-order valence-electron chi connectivity index (χ1n) is 4.42. The van der Waals surface area contributed by atoms with Gasteiger partial charge in [0.25, 0.3) is 5.56 Å². The highest BCUT2D eigenvalue weighted by Crippen LogP contribution is 2.14. The molecule has 0 bridgehead atoms. The number of alkyl halides is 3. The van der Waals surface area contributed by atoms with Gasteiger partial charge in [-0.05, 0) is 22.6 Å². The van der Waals surface area contributed by atoms with Crippen molar-refractivity contribution >= 4 is 22.6 Å². The van der Waals surface area contributed by atoms with Crippen LogP contribution in [-0.2, 0) is 11.2 Å². The third kappa shape index (κ3) is 4.89. The quantitative estimate of drug-likeness (QED) is 0.622. The van der Waals surface area contributed by atoms with E-state index in [-0.39, 0.29) is 22.4 Å². The third-order valence-corrected chi connectivity index (χ3v) is 2.62. The molecule has 0 aromatic carbocycles. The number of ether oxygens (including phenoxy) is 1. The number of aromatic nitrogens is 2. The molecule has 0 fully saturated rings. The van der Waals surface area contributed by atoms with Gasteiger partial charge in [-0.3, -0.25) is 4.79 Å². The maximum Gasteiger partial charge on any atom is 0.411 e. The molecule has 1 aromatic heterocycles. The molecular weight excluding hydrogens is 356 g/mol. The lowest BCUT2D eigenvalue weighted by Gasteiger charge is -2.07. The van der Waals surface area contributed by atoms with Gasteiger partial charge in [0.15, 0.2) is 0 Å². The molecule has 9 heteroatoms. The van der Waals surface area contributed by atoms with Crippen molar-refractivity contribution in [1.82, 2.24) is 9.97 Å². The minimum atomic E-state index is -4.38. The van der Waals surface area contributed by atoms with Gasteiger partial charge in [0.05, 0.1) is 6.61 Å². The molecule has 2 N–H and O–H groups in total. The fourth-order valence-electron chi connectivity index (χ4n) is 0.967. The van der Waals surface area contributed by atoms with E-state index in [1.807, 2.05) is 0 Å². The van der Waals surface area contributed by atoms with Crippen LogP contribution in [0.3, 0.4) is 0 Å². The maximum absolute atomic E-state index is 11.7. The molecule has 0 radical (unpaired) electrons. The third-order valence-electron chi connectivity index (χ3n) is 1.64. The van der Waals surface area contributed by atoms with E-state index in [2.05, 4.69) is 14.7 Å². The molecule has 1 aromatic rings. The maximum atomic E-state index is 11.7. The van der Waals surface area contributed by atoms with E-state index in [0.717, 1.165) is 0 Å².